The number of aromatic nitrogens is 4. The van der Waals surface area contributed by atoms with Crippen molar-refractivity contribution in [1.82, 2.24) is 19.3 Å². The maximum atomic E-state index is 6.51. The van der Waals surface area contributed by atoms with E-state index in [2.05, 4.69) is 115 Å². The van der Waals surface area contributed by atoms with Gasteiger partial charge in [0.05, 0.1) is 28.1 Å². The molecule has 206 valence electrons. The van der Waals surface area contributed by atoms with Crippen molar-refractivity contribution in [2.24, 2.45) is 0 Å². The van der Waals surface area contributed by atoms with E-state index in [1.54, 1.807) is 0 Å². The molecule has 3 heterocycles. The number of fused-ring (bicyclic) bond motifs is 3. The van der Waals surface area contributed by atoms with Crippen LogP contribution in [0.4, 0.5) is 0 Å². The molecule has 0 bridgehead atoms. The van der Waals surface area contributed by atoms with Gasteiger partial charge in [0.2, 0.25) is 0 Å². The van der Waals surface area contributed by atoms with Crippen LogP contribution in [0.5, 0.6) is 11.5 Å². The van der Waals surface area contributed by atoms with E-state index in [1.807, 2.05) is 30.5 Å². The summed E-state index contributed by atoms with van der Waals surface area (Å²) < 4.78 is 10.8. The van der Waals surface area contributed by atoms with Gasteiger partial charge in [-0.2, -0.15) is 5.10 Å². The van der Waals surface area contributed by atoms with Crippen LogP contribution in [0, 0.1) is 13.8 Å². The molecule has 7 aromatic rings. The molecule has 0 fully saturated rings. The molecular formula is C37H32N4O. The first-order chi connectivity index (χ1) is 20.6. The summed E-state index contributed by atoms with van der Waals surface area (Å²) in [5, 5.41) is 7.35. The van der Waals surface area contributed by atoms with Gasteiger partial charge in [0.15, 0.2) is 0 Å². The summed E-state index contributed by atoms with van der Waals surface area (Å²) in [7, 11) is 0. The first-order valence-electron chi connectivity index (χ1n) is 14.5. The van der Waals surface area contributed by atoms with Gasteiger partial charge in [-0.15, -0.1) is 0 Å². The smallest absolute Gasteiger partial charge is 0.137 e. The monoisotopic (exact) mass is 548 g/mol. The highest BCUT2D eigenvalue weighted by Gasteiger charge is 2.18. The second kappa shape index (κ2) is 10.7. The van der Waals surface area contributed by atoms with Crippen LogP contribution in [0.15, 0.2) is 115 Å². The van der Waals surface area contributed by atoms with Gasteiger partial charge in [-0.1, -0.05) is 67.9 Å². The van der Waals surface area contributed by atoms with E-state index in [4.69, 9.17) is 14.8 Å². The molecule has 0 aliphatic rings. The zero-order chi connectivity index (χ0) is 28.6. The van der Waals surface area contributed by atoms with E-state index < -0.39 is 0 Å². The Morgan fingerprint density at radius 3 is 2.33 bits per heavy atom. The Morgan fingerprint density at radius 2 is 1.50 bits per heavy atom. The van der Waals surface area contributed by atoms with Crippen molar-refractivity contribution in [2.75, 3.05) is 0 Å². The number of benzene rings is 4. The molecule has 0 saturated carbocycles. The van der Waals surface area contributed by atoms with Gasteiger partial charge in [-0.05, 0) is 73.9 Å². The number of hydrogen-bond donors (Lipinski definition) is 0. The first-order valence-corrected chi connectivity index (χ1v) is 14.5. The minimum absolute atomic E-state index is 0.764. The van der Waals surface area contributed by atoms with E-state index in [0.29, 0.717) is 0 Å². The number of rotatable bonds is 7. The Labute approximate surface area is 245 Å². The number of ether oxygens (including phenoxy) is 1. The number of pyridine rings is 1. The topological polar surface area (TPSA) is 44.9 Å². The molecule has 4 aromatic carbocycles. The first kappa shape index (κ1) is 25.8. The summed E-state index contributed by atoms with van der Waals surface area (Å²) in [6.07, 6.45) is 3.83. The number of nitrogens with zero attached hydrogens (tertiary/aromatic N) is 4. The fraction of sp³-hybridized carbons (Fsp3) is 0.135. The number of hydrogen-bond acceptors (Lipinski definition) is 3. The van der Waals surface area contributed by atoms with Crippen molar-refractivity contribution < 1.29 is 4.74 Å². The second-order valence-corrected chi connectivity index (χ2v) is 10.8. The average molecular weight is 549 g/mol. The molecule has 0 atom stereocenters. The predicted octanol–water partition coefficient (Wildman–Crippen LogP) is 9.39. The van der Waals surface area contributed by atoms with E-state index in [1.165, 1.54) is 33.2 Å². The third-order valence-corrected chi connectivity index (χ3v) is 7.78. The molecule has 0 N–H and O–H groups in total. The number of aryl methyl sites for hydroxylation is 2. The van der Waals surface area contributed by atoms with Gasteiger partial charge in [0, 0.05) is 34.7 Å². The lowest BCUT2D eigenvalue weighted by atomic mass is 10.0. The molecule has 5 heteroatoms. The van der Waals surface area contributed by atoms with Gasteiger partial charge >= 0.3 is 0 Å². The summed E-state index contributed by atoms with van der Waals surface area (Å²) in [4.78, 5) is 4.71. The normalized spacial score (nSPS) is 11.4. The van der Waals surface area contributed by atoms with Crippen molar-refractivity contribution in [3.8, 4) is 34.1 Å². The fourth-order valence-electron chi connectivity index (χ4n) is 5.95. The Hall–Kier alpha value is -5.16. The maximum Gasteiger partial charge on any atom is 0.137 e. The molecule has 0 unspecified atom stereocenters. The fourth-order valence-corrected chi connectivity index (χ4v) is 5.95. The van der Waals surface area contributed by atoms with Gasteiger partial charge in [0.1, 0.15) is 17.3 Å². The van der Waals surface area contributed by atoms with E-state index in [9.17, 15) is 0 Å². The van der Waals surface area contributed by atoms with E-state index in [-0.39, 0.29) is 0 Å². The zero-order valence-corrected chi connectivity index (χ0v) is 24.1. The Morgan fingerprint density at radius 1 is 0.714 bits per heavy atom. The summed E-state index contributed by atoms with van der Waals surface area (Å²) in [5.41, 5.74) is 8.99. The van der Waals surface area contributed by atoms with Crippen LogP contribution in [0.25, 0.3) is 44.4 Å². The van der Waals surface area contributed by atoms with Crippen LogP contribution in [0.3, 0.4) is 0 Å². The van der Waals surface area contributed by atoms with Crippen molar-refractivity contribution in [2.45, 2.75) is 33.6 Å². The van der Waals surface area contributed by atoms with Crippen LogP contribution in [-0.2, 0) is 6.42 Å². The Kier molecular flexibility index (Phi) is 6.55. The highest BCUT2D eigenvalue weighted by molar-refractivity contribution is 6.09. The third kappa shape index (κ3) is 4.53. The Bertz CT molecular complexity index is 2050. The number of para-hydroxylation sites is 1. The van der Waals surface area contributed by atoms with E-state index >= 15 is 0 Å². The second-order valence-electron chi connectivity index (χ2n) is 10.8. The van der Waals surface area contributed by atoms with Crippen molar-refractivity contribution >= 4 is 21.8 Å². The van der Waals surface area contributed by atoms with Crippen LogP contribution in [0.2, 0.25) is 0 Å². The minimum atomic E-state index is 0.764. The molecule has 7 rings (SSSR count). The van der Waals surface area contributed by atoms with Crippen LogP contribution in [0.1, 0.15) is 30.3 Å². The molecule has 0 aliphatic heterocycles. The van der Waals surface area contributed by atoms with Crippen LogP contribution >= 0.6 is 0 Å². The van der Waals surface area contributed by atoms with Gasteiger partial charge < -0.3 is 4.74 Å². The maximum absolute atomic E-state index is 6.51. The van der Waals surface area contributed by atoms with Crippen LogP contribution in [-0.4, -0.2) is 19.3 Å². The third-order valence-electron chi connectivity index (χ3n) is 7.78. The molecule has 5 nitrogen and oxygen atoms in total. The van der Waals surface area contributed by atoms with Crippen molar-refractivity contribution in [3.05, 3.63) is 132 Å². The van der Waals surface area contributed by atoms with Gasteiger partial charge in [-0.3, -0.25) is 4.57 Å². The Balaban J connectivity index is 1.30. The van der Waals surface area contributed by atoms with Crippen LogP contribution < -0.4 is 4.74 Å². The van der Waals surface area contributed by atoms with Crippen molar-refractivity contribution in [3.63, 3.8) is 0 Å². The lowest BCUT2D eigenvalue weighted by Gasteiger charge is -2.12. The highest BCUT2D eigenvalue weighted by atomic mass is 16.5. The van der Waals surface area contributed by atoms with Gasteiger partial charge in [-0.25, -0.2) is 9.67 Å². The molecule has 3 aromatic heterocycles. The molecule has 0 aliphatic carbocycles. The van der Waals surface area contributed by atoms with E-state index in [0.717, 1.165) is 52.6 Å². The highest BCUT2D eigenvalue weighted by Crippen LogP contribution is 2.36. The molecule has 0 spiro atoms. The largest absolute Gasteiger partial charge is 0.457 e. The average Bonchev–Trinajstić information content (AvgIpc) is 3.52. The van der Waals surface area contributed by atoms with Crippen molar-refractivity contribution in [1.29, 1.82) is 0 Å². The summed E-state index contributed by atoms with van der Waals surface area (Å²) >= 11 is 0. The lowest BCUT2D eigenvalue weighted by molar-refractivity contribution is 0.482. The summed E-state index contributed by atoms with van der Waals surface area (Å²) in [5.74, 6) is 2.43. The zero-order valence-electron chi connectivity index (χ0n) is 24.1. The quantitative estimate of drug-likeness (QED) is 0.199. The van der Waals surface area contributed by atoms with Gasteiger partial charge in [0.25, 0.3) is 0 Å². The lowest BCUT2D eigenvalue weighted by Crippen LogP contribution is -2.03. The minimum Gasteiger partial charge on any atom is -0.457 e. The molecule has 0 amide bonds. The summed E-state index contributed by atoms with van der Waals surface area (Å²) in [6, 6.07) is 37.7. The molecule has 42 heavy (non-hydrogen) atoms. The molecule has 0 radical (unpaired) electrons. The SMILES string of the molecule is CCCc1c(-c2ccccc2)c(C)nn1-c1cccc(Oc2ccc3c4ccccc4n(-c4cc(C)ccn4)c3c2)c1. The summed E-state index contributed by atoms with van der Waals surface area (Å²) in [6.45, 7) is 6.40. The predicted molar refractivity (Wildman–Crippen MR) is 171 cm³/mol. The molecular weight excluding hydrogens is 516 g/mol. The molecule has 0 saturated heterocycles. The standard InChI is InChI=1S/C37H32N4O/c1-4-11-34-37(27-12-6-5-7-13-27)26(3)39-41(34)28-14-10-15-29(23-28)42-30-18-19-32-31-16-8-9-17-33(31)40(35(32)24-30)36-22-25(2)20-21-38-36/h5-10,12-24H,4,11H2,1-3H3.